The number of anilines is 1. The molecule has 0 aliphatic rings. The Labute approximate surface area is 142 Å². The Morgan fingerprint density at radius 2 is 1.78 bits per heavy atom. The molecule has 2 aromatic carbocycles. The number of aliphatic carboxylic acids is 1. The number of methoxy groups -OCH3 is 2. The first-order valence-electron chi connectivity index (χ1n) is 6.69. The van der Waals surface area contributed by atoms with Crippen molar-refractivity contribution in [1.82, 2.24) is 0 Å². The van der Waals surface area contributed by atoms with Gasteiger partial charge in [0, 0.05) is 15.7 Å². The molecule has 5 nitrogen and oxygen atoms in total. The molecule has 0 unspecified atom stereocenters. The van der Waals surface area contributed by atoms with Gasteiger partial charge in [0.25, 0.3) is 0 Å². The Morgan fingerprint density at radius 1 is 1.17 bits per heavy atom. The highest BCUT2D eigenvalue weighted by molar-refractivity contribution is 9.10. The van der Waals surface area contributed by atoms with Crippen molar-refractivity contribution in [3.05, 3.63) is 52.0 Å². The van der Waals surface area contributed by atoms with E-state index in [1.54, 1.807) is 36.4 Å². The second kappa shape index (κ2) is 7.19. The van der Waals surface area contributed by atoms with Gasteiger partial charge in [-0.15, -0.1) is 0 Å². The normalized spacial score (nSPS) is 11.2. The highest BCUT2D eigenvalue weighted by atomic mass is 79.9. The highest BCUT2D eigenvalue weighted by Gasteiger charge is 2.18. The molecule has 0 saturated carbocycles. The van der Waals surface area contributed by atoms with Crippen LogP contribution in [0, 0.1) is 0 Å². The standard InChI is InChI=1S/C17H16BrNO4/c1-22-15-8-11(13(18)9-16(15)23-2)12(17(20)21)7-10-5-3-4-6-14(10)19/h3-9H,19H2,1-2H3,(H,20,21)/b12-7-. The van der Waals surface area contributed by atoms with Gasteiger partial charge < -0.3 is 20.3 Å². The molecule has 0 spiro atoms. The van der Waals surface area contributed by atoms with Crippen LogP contribution in [-0.4, -0.2) is 25.3 Å². The lowest BCUT2D eigenvalue weighted by Crippen LogP contribution is -2.02. The molecule has 2 aromatic rings. The number of hydrogen-bond acceptors (Lipinski definition) is 4. The van der Waals surface area contributed by atoms with E-state index in [1.165, 1.54) is 20.3 Å². The quantitative estimate of drug-likeness (QED) is 0.471. The summed E-state index contributed by atoms with van der Waals surface area (Å²) in [6.07, 6.45) is 1.53. The molecule has 0 aromatic heterocycles. The van der Waals surface area contributed by atoms with Gasteiger partial charge in [-0.25, -0.2) is 4.79 Å². The average Bonchev–Trinajstić information content (AvgIpc) is 2.54. The van der Waals surface area contributed by atoms with Crippen LogP contribution >= 0.6 is 15.9 Å². The van der Waals surface area contributed by atoms with E-state index in [0.29, 0.717) is 32.8 Å². The Hall–Kier alpha value is -2.47. The van der Waals surface area contributed by atoms with Crippen LogP contribution in [0.1, 0.15) is 11.1 Å². The van der Waals surface area contributed by atoms with Crippen molar-refractivity contribution < 1.29 is 19.4 Å². The maximum Gasteiger partial charge on any atom is 0.336 e. The number of nitrogens with two attached hydrogens (primary N) is 1. The minimum Gasteiger partial charge on any atom is -0.493 e. The van der Waals surface area contributed by atoms with Crippen molar-refractivity contribution in [2.75, 3.05) is 20.0 Å². The number of carbonyl (C=O) groups is 1. The number of carboxylic acid groups (broad SMARTS) is 1. The third-order valence-electron chi connectivity index (χ3n) is 3.29. The summed E-state index contributed by atoms with van der Waals surface area (Å²) in [7, 11) is 3.01. The van der Waals surface area contributed by atoms with Crippen molar-refractivity contribution in [2.24, 2.45) is 0 Å². The van der Waals surface area contributed by atoms with Gasteiger partial charge in [0.15, 0.2) is 11.5 Å². The number of para-hydroxylation sites is 1. The predicted molar refractivity (Wildman–Crippen MR) is 93.6 cm³/mol. The molecule has 120 valence electrons. The van der Waals surface area contributed by atoms with Gasteiger partial charge in [-0.2, -0.15) is 0 Å². The van der Waals surface area contributed by atoms with Gasteiger partial charge >= 0.3 is 5.97 Å². The van der Waals surface area contributed by atoms with Crippen LogP contribution in [0.3, 0.4) is 0 Å². The zero-order valence-corrected chi connectivity index (χ0v) is 14.3. The summed E-state index contributed by atoms with van der Waals surface area (Å²) in [6.45, 7) is 0. The number of carboxylic acids is 1. The van der Waals surface area contributed by atoms with E-state index in [2.05, 4.69) is 15.9 Å². The van der Waals surface area contributed by atoms with E-state index in [4.69, 9.17) is 15.2 Å². The fourth-order valence-electron chi connectivity index (χ4n) is 2.11. The van der Waals surface area contributed by atoms with Crippen molar-refractivity contribution >= 4 is 39.2 Å². The molecule has 2 rings (SSSR count). The minimum absolute atomic E-state index is 0.0933. The molecule has 0 saturated heterocycles. The predicted octanol–water partition coefficient (Wildman–Crippen LogP) is 3.67. The third-order valence-corrected chi connectivity index (χ3v) is 3.95. The highest BCUT2D eigenvalue weighted by Crippen LogP contribution is 2.37. The van der Waals surface area contributed by atoms with Crippen molar-refractivity contribution in [3.8, 4) is 11.5 Å². The maximum atomic E-state index is 11.7. The van der Waals surface area contributed by atoms with E-state index in [-0.39, 0.29) is 5.57 Å². The number of hydrogen-bond donors (Lipinski definition) is 2. The Kier molecular flexibility index (Phi) is 5.28. The monoisotopic (exact) mass is 377 g/mol. The molecule has 0 atom stereocenters. The second-order valence-corrected chi connectivity index (χ2v) is 5.53. The van der Waals surface area contributed by atoms with Gasteiger partial charge in [-0.1, -0.05) is 34.1 Å². The van der Waals surface area contributed by atoms with E-state index in [1.807, 2.05) is 0 Å². The smallest absolute Gasteiger partial charge is 0.336 e. The molecule has 23 heavy (non-hydrogen) atoms. The van der Waals surface area contributed by atoms with Crippen LogP contribution in [0.5, 0.6) is 11.5 Å². The molecule has 0 heterocycles. The fourth-order valence-corrected chi connectivity index (χ4v) is 2.65. The van der Waals surface area contributed by atoms with Crippen LogP contribution in [0.4, 0.5) is 5.69 Å². The molecule has 0 bridgehead atoms. The first-order chi connectivity index (χ1) is 11.0. The lowest BCUT2D eigenvalue weighted by atomic mass is 10.0. The second-order valence-electron chi connectivity index (χ2n) is 4.68. The molecule has 0 aliphatic heterocycles. The molecular weight excluding hydrogens is 362 g/mol. The topological polar surface area (TPSA) is 81.8 Å². The SMILES string of the molecule is COc1cc(Br)c(/C(=C/c2ccccc2N)C(=O)O)cc1OC. The molecule has 3 N–H and O–H groups in total. The van der Waals surface area contributed by atoms with Gasteiger partial charge in [0.05, 0.1) is 19.8 Å². The van der Waals surface area contributed by atoms with E-state index in [0.717, 1.165) is 0 Å². The number of nitrogen functional groups attached to an aromatic ring is 1. The summed E-state index contributed by atoms with van der Waals surface area (Å²) in [6, 6.07) is 10.3. The average molecular weight is 378 g/mol. The number of benzene rings is 2. The van der Waals surface area contributed by atoms with Gasteiger partial charge in [0.1, 0.15) is 0 Å². The summed E-state index contributed by atoms with van der Waals surface area (Å²) in [5.41, 5.74) is 7.59. The third kappa shape index (κ3) is 3.65. The first-order valence-corrected chi connectivity index (χ1v) is 7.48. The minimum atomic E-state index is -1.07. The zero-order chi connectivity index (χ0) is 17.0. The van der Waals surface area contributed by atoms with Gasteiger partial charge in [-0.05, 0) is 29.8 Å². The van der Waals surface area contributed by atoms with Crippen LogP contribution < -0.4 is 15.2 Å². The number of rotatable bonds is 5. The molecule has 0 radical (unpaired) electrons. The lowest BCUT2D eigenvalue weighted by Gasteiger charge is -2.13. The van der Waals surface area contributed by atoms with E-state index in [9.17, 15) is 9.90 Å². The molecule has 0 fully saturated rings. The van der Waals surface area contributed by atoms with Crippen molar-refractivity contribution in [3.63, 3.8) is 0 Å². The first kappa shape index (κ1) is 16.9. The lowest BCUT2D eigenvalue weighted by molar-refractivity contribution is -0.130. The van der Waals surface area contributed by atoms with Crippen molar-refractivity contribution in [2.45, 2.75) is 0 Å². The summed E-state index contributed by atoms with van der Waals surface area (Å²) in [5, 5.41) is 9.59. The summed E-state index contributed by atoms with van der Waals surface area (Å²) in [5.74, 6) is -0.118. The fraction of sp³-hybridized carbons (Fsp3) is 0.118. The number of ether oxygens (including phenoxy) is 2. The van der Waals surface area contributed by atoms with Crippen molar-refractivity contribution in [1.29, 1.82) is 0 Å². The van der Waals surface area contributed by atoms with E-state index >= 15 is 0 Å². The summed E-state index contributed by atoms with van der Waals surface area (Å²) in [4.78, 5) is 11.7. The Bertz CT molecular complexity index is 771. The number of halogens is 1. The van der Waals surface area contributed by atoms with Crippen LogP contribution in [0.25, 0.3) is 11.6 Å². The molecule has 6 heteroatoms. The van der Waals surface area contributed by atoms with Gasteiger partial charge in [0.2, 0.25) is 0 Å². The van der Waals surface area contributed by atoms with E-state index < -0.39 is 5.97 Å². The summed E-state index contributed by atoms with van der Waals surface area (Å²) < 4.78 is 11.0. The largest absolute Gasteiger partial charge is 0.493 e. The van der Waals surface area contributed by atoms with Gasteiger partial charge in [-0.3, -0.25) is 0 Å². The van der Waals surface area contributed by atoms with Crippen LogP contribution in [0.2, 0.25) is 0 Å². The molecule has 0 amide bonds. The molecule has 0 aliphatic carbocycles. The summed E-state index contributed by atoms with van der Waals surface area (Å²) >= 11 is 3.38. The van der Waals surface area contributed by atoms with Crippen LogP contribution in [0.15, 0.2) is 40.9 Å². The maximum absolute atomic E-state index is 11.7. The van der Waals surface area contributed by atoms with Crippen LogP contribution in [-0.2, 0) is 4.79 Å². The Balaban J connectivity index is 2.64. The zero-order valence-electron chi connectivity index (χ0n) is 12.7. The Morgan fingerprint density at radius 3 is 2.35 bits per heavy atom. The molecular formula is C17H16BrNO4.